The van der Waals surface area contributed by atoms with Crippen LogP contribution >= 0.6 is 0 Å². The molecule has 1 aliphatic heterocycles. The molecule has 1 aromatic carbocycles. The van der Waals surface area contributed by atoms with Crippen LogP contribution in [0, 0.1) is 10.1 Å². The molecule has 1 saturated heterocycles. The third-order valence-corrected chi connectivity index (χ3v) is 3.68. The van der Waals surface area contributed by atoms with Gasteiger partial charge in [0.05, 0.1) is 18.1 Å². The second-order valence-corrected chi connectivity index (χ2v) is 5.12. The van der Waals surface area contributed by atoms with Crippen molar-refractivity contribution in [3.63, 3.8) is 0 Å². The average Bonchev–Trinajstić information content (AvgIpc) is 2.47. The van der Waals surface area contributed by atoms with Crippen molar-refractivity contribution < 1.29 is 19.6 Å². The number of methoxy groups -OCH3 is 1. The summed E-state index contributed by atoms with van der Waals surface area (Å²) in [4.78, 5) is 23.6. The Balaban J connectivity index is 2.22. The standard InChI is InChI=1S/C14H18N2O5/c1-21-12-7-10(6-11(8-12)16(19)20)9-15-5-3-2-4-13(15)14(17)18/h6-8,13H,2-5,9H2,1H3,(H,17,18). The first kappa shape index (κ1) is 15.2. The Hall–Kier alpha value is -2.15. The second-order valence-electron chi connectivity index (χ2n) is 5.12. The number of nitro benzene ring substituents is 1. The Labute approximate surface area is 122 Å². The van der Waals surface area contributed by atoms with E-state index in [-0.39, 0.29) is 5.69 Å². The van der Waals surface area contributed by atoms with Crippen molar-refractivity contribution in [2.24, 2.45) is 0 Å². The number of hydrogen-bond acceptors (Lipinski definition) is 5. The van der Waals surface area contributed by atoms with Gasteiger partial charge in [0.2, 0.25) is 0 Å². The van der Waals surface area contributed by atoms with Gasteiger partial charge in [0, 0.05) is 12.6 Å². The van der Waals surface area contributed by atoms with Crippen LogP contribution in [-0.2, 0) is 11.3 Å². The van der Waals surface area contributed by atoms with Crippen molar-refractivity contribution in [3.8, 4) is 5.75 Å². The van der Waals surface area contributed by atoms with E-state index in [9.17, 15) is 20.0 Å². The Morgan fingerprint density at radius 3 is 2.86 bits per heavy atom. The van der Waals surface area contributed by atoms with E-state index in [1.807, 2.05) is 4.90 Å². The number of carboxylic acids is 1. The van der Waals surface area contributed by atoms with Crippen LogP contribution in [0.1, 0.15) is 24.8 Å². The topological polar surface area (TPSA) is 92.9 Å². The van der Waals surface area contributed by atoms with Gasteiger partial charge < -0.3 is 9.84 Å². The third kappa shape index (κ3) is 3.69. The molecule has 2 rings (SSSR count). The van der Waals surface area contributed by atoms with Gasteiger partial charge in [0.1, 0.15) is 11.8 Å². The van der Waals surface area contributed by atoms with Crippen LogP contribution in [0.25, 0.3) is 0 Å². The number of ether oxygens (including phenoxy) is 1. The first-order valence-electron chi connectivity index (χ1n) is 6.80. The van der Waals surface area contributed by atoms with E-state index in [0.29, 0.717) is 30.8 Å². The quantitative estimate of drug-likeness (QED) is 0.660. The number of carbonyl (C=O) groups is 1. The zero-order valence-electron chi connectivity index (χ0n) is 11.8. The molecular weight excluding hydrogens is 276 g/mol. The molecule has 0 aliphatic carbocycles. The average molecular weight is 294 g/mol. The number of non-ortho nitro benzene ring substituents is 1. The second kappa shape index (κ2) is 6.53. The highest BCUT2D eigenvalue weighted by molar-refractivity contribution is 5.73. The zero-order valence-corrected chi connectivity index (χ0v) is 11.8. The van der Waals surface area contributed by atoms with E-state index >= 15 is 0 Å². The number of carboxylic acid groups (broad SMARTS) is 1. The zero-order chi connectivity index (χ0) is 15.4. The van der Waals surface area contributed by atoms with Crippen LogP contribution in [0.5, 0.6) is 5.75 Å². The van der Waals surface area contributed by atoms with Crippen LogP contribution in [0.15, 0.2) is 18.2 Å². The molecule has 1 unspecified atom stereocenters. The molecule has 0 amide bonds. The molecule has 0 bridgehead atoms. The highest BCUT2D eigenvalue weighted by Crippen LogP contribution is 2.26. The molecule has 1 heterocycles. The molecule has 0 spiro atoms. The van der Waals surface area contributed by atoms with Gasteiger partial charge in [-0.3, -0.25) is 19.8 Å². The molecule has 7 nitrogen and oxygen atoms in total. The summed E-state index contributed by atoms with van der Waals surface area (Å²) in [6.07, 6.45) is 2.45. The first-order chi connectivity index (χ1) is 10.0. The summed E-state index contributed by atoms with van der Waals surface area (Å²) in [6.45, 7) is 1.05. The number of likely N-dealkylation sites (tertiary alicyclic amines) is 1. The van der Waals surface area contributed by atoms with E-state index in [2.05, 4.69) is 0 Å². The predicted molar refractivity (Wildman–Crippen MR) is 75.3 cm³/mol. The number of nitrogens with zero attached hydrogens (tertiary/aromatic N) is 2. The molecule has 0 aromatic heterocycles. The molecule has 114 valence electrons. The molecule has 0 radical (unpaired) electrons. The lowest BCUT2D eigenvalue weighted by atomic mass is 10.0. The molecule has 7 heteroatoms. The van der Waals surface area contributed by atoms with Gasteiger partial charge >= 0.3 is 5.97 Å². The number of piperidine rings is 1. The van der Waals surface area contributed by atoms with Gasteiger partial charge in [0.15, 0.2) is 0 Å². The lowest BCUT2D eigenvalue weighted by Gasteiger charge is -2.32. The highest BCUT2D eigenvalue weighted by Gasteiger charge is 2.28. The lowest BCUT2D eigenvalue weighted by molar-refractivity contribution is -0.385. The molecule has 1 fully saturated rings. The monoisotopic (exact) mass is 294 g/mol. The van der Waals surface area contributed by atoms with Crippen molar-refractivity contribution in [2.75, 3.05) is 13.7 Å². The maximum atomic E-state index is 11.3. The summed E-state index contributed by atoms with van der Waals surface area (Å²) in [5.41, 5.74) is 0.641. The Morgan fingerprint density at radius 1 is 1.48 bits per heavy atom. The van der Waals surface area contributed by atoms with Gasteiger partial charge in [-0.25, -0.2) is 0 Å². The first-order valence-corrected chi connectivity index (χ1v) is 6.80. The fraction of sp³-hybridized carbons (Fsp3) is 0.500. The lowest BCUT2D eigenvalue weighted by Crippen LogP contribution is -2.44. The Kier molecular flexibility index (Phi) is 4.74. The van der Waals surface area contributed by atoms with Gasteiger partial charge in [0.25, 0.3) is 5.69 Å². The van der Waals surface area contributed by atoms with Crippen LogP contribution in [0.4, 0.5) is 5.69 Å². The smallest absolute Gasteiger partial charge is 0.320 e. The van der Waals surface area contributed by atoms with Gasteiger partial charge in [-0.05, 0) is 31.0 Å². The van der Waals surface area contributed by atoms with Crippen molar-refractivity contribution in [2.45, 2.75) is 31.8 Å². The number of rotatable bonds is 5. The van der Waals surface area contributed by atoms with Crippen LogP contribution in [0.3, 0.4) is 0 Å². The van der Waals surface area contributed by atoms with Crippen molar-refractivity contribution in [1.29, 1.82) is 0 Å². The number of hydrogen-bond donors (Lipinski definition) is 1. The minimum atomic E-state index is -0.841. The number of aliphatic carboxylic acids is 1. The van der Waals surface area contributed by atoms with E-state index < -0.39 is 16.9 Å². The van der Waals surface area contributed by atoms with E-state index in [0.717, 1.165) is 12.8 Å². The summed E-state index contributed by atoms with van der Waals surface area (Å²) in [5.74, 6) is -0.435. The minimum absolute atomic E-state index is 0.0479. The maximum absolute atomic E-state index is 11.3. The van der Waals surface area contributed by atoms with Crippen LogP contribution in [-0.4, -0.2) is 40.6 Å². The fourth-order valence-corrected chi connectivity index (χ4v) is 2.65. The number of benzene rings is 1. The molecule has 0 saturated carbocycles. The largest absolute Gasteiger partial charge is 0.496 e. The summed E-state index contributed by atoms with van der Waals surface area (Å²) >= 11 is 0. The summed E-state index contributed by atoms with van der Waals surface area (Å²) in [6, 6.07) is 4.01. The number of nitro groups is 1. The van der Waals surface area contributed by atoms with Gasteiger partial charge in [-0.15, -0.1) is 0 Å². The molecular formula is C14H18N2O5. The molecule has 1 aliphatic rings. The van der Waals surface area contributed by atoms with Crippen molar-refractivity contribution >= 4 is 11.7 Å². The summed E-state index contributed by atoms with van der Waals surface area (Å²) in [7, 11) is 1.45. The van der Waals surface area contributed by atoms with Crippen LogP contribution in [0.2, 0.25) is 0 Å². The van der Waals surface area contributed by atoms with E-state index in [4.69, 9.17) is 4.74 Å². The SMILES string of the molecule is COc1cc(CN2CCCCC2C(=O)O)cc([N+](=O)[O-])c1. The third-order valence-electron chi connectivity index (χ3n) is 3.68. The molecule has 1 atom stereocenters. The van der Waals surface area contributed by atoms with E-state index in [1.54, 1.807) is 6.07 Å². The fourth-order valence-electron chi connectivity index (χ4n) is 2.65. The molecule has 1 aromatic rings. The van der Waals surface area contributed by atoms with Gasteiger partial charge in [-0.2, -0.15) is 0 Å². The molecule has 1 N–H and O–H groups in total. The van der Waals surface area contributed by atoms with Crippen molar-refractivity contribution in [3.05, 3.63) is 33.9 Å². The summed E-state index contributed by atoms with van der Waals surface area (Å²) < 4.78 is 5.07. The molecule has 21 heavy (non-hydrogen) atoms. The van der Waals surface area contributed by atoms with E-state index in [1.165, 1.54) is 19.2 Å². The predicted octanol–water partition coefficient (Wildman–Crippen LogP) is 2.04. The Bertz CT molecular complexity index is 546. The normalized spacial score (nSPS) is 19.2. The maximum Gasteiger partial charge on any atom is 0.320 e. The van der Waals surface area contributed by atoms with Crippen molar-refractivity contribution in [1.82, 2.24) is 4.90 Å². The highest BCUT2D eigenvalue weighted by atomic mass is 16.6. The Morgan fingerprint density at radius 2 is 2.24 bits per heavy atom. The minimum Gasteiger partial charge on any atom is -0.496 e. The van der Waals surface area contributed by atoms with Gasteiger partial charge in [-0.1, -0.05) is 6.42 Å². The summed E-state index contributed by atoms with van der Waals surface area (Å²) in [5, 5.41) is 20.2. The van der Waals surface area contributed by atoms with Crippen LogP contribution < -0.4 is 4.74 Å².